The molecule has 0 spiro atoms. The van der Waals surface area contributed by atoms with Gasteiger partial charge < -0.3 is 19.1 Å². The summed E-state index contributed by atoms with van der Waals surface area (Å²) >= 11 is 0. The summed E-state index contributed by atoms with van der Waals surface area (Å²) in [7, 11) is 0. The van der Waals surface area contributed by atoms with Crippen molar-refractivity contribution in [2.24, 2.45) is 0 Å². The van der Waals surface area contributed by atoms with Gasteiger partial charge in [-0.1, -0.05) is 12.1 Å². The maximum atomic E-state index is 11.8. The van der Waals surface area contributed by atoms with Crippen LogP contribution in [-0.2, 0) is 11.3 Å². The molecular formula is C18H25N5O2. The Bertz CT molecular complexity index is 751. The second-order valence-electron chi connectivity index (χ2n) is 6.57. The van der Waals surface area contributed by atoms with Gasteiger partial charge in [0.1, 0.15) is 0 Å². The van der Waals surface area contributed by atoms with Crippen LogP contribution < -0.4 is 4.90 Å². The Hall–Kier alpha value is -2.28. The van der Waals surface area contributed by atoms with Crippen LogP contribution in [0.4, 0.5) is 10.7 Å². The third-order valence-corrected chi connectivity index (χ3v) is 5.10. The first-order valence-corrected chi connectivity index (χ1v) is 9.10. The van der Waals surface area contributed by atoms with Gasteiger partial charge in [0.25, 0.3) is 0 Å². The van der Waals surface area contributed by atoms with E-state index in [1.165, 1.54) is 5.52 Å². The quantitative estimate of drug-likeness (QED) is 0.845. The third kappa shape index (κ3) is 3.16. The topological polar surface area (TPSA) is 53.8 Å². The highest BCUT2D eigenvalue weighted by Gasteiger charge is 2.25. The summed E-state index contributed by atoms with van der Waals surface area (Å²) in [5.74, 6) is 1.09. The minimum Gasteiger partial charge on any atom is -0.450 e. The molecule has 0 N–H and O–H groups in total. The van der Waals surface area contributed by atoms with Gasteiger partial charge in [0.05, 0.1) is 17.6 Å². The fraction of sp³-hybridized carbons (Fsp3) is 0.556. The average molecular weight is 343 g/mol. The van der Waals surface area contributed by atoms with Gasteiger partial charge in [0.2, 0.25) is 5.95 Å². The Morgan fingerprint density at radius 3 is 2.68 bits per heavy atom. The maximum Gasteiger partial charge on any atom is 0.409 e. The molecule has 0 radical (unpaired) electrons. The summed E-state index contributed by atoms with van der Waals surface area (Å²) in [5.41, 5.74) is 2.30. The number of aromatic nitrogens is 2. The van der Waals surface area contributed by atoms with Gasteiger partial charge in [-0.3, -0.25) is 4.90 Å². The van der Waals surface area contributed by atoms with Crippen LogP contribution in [-0.4, -0.2) is 77.9 Å². The molecular weight excluding hydrogens is 318 g/mol. The Kier molecular flexibility index (Phi) is 4.48. The molecule has 1 fully saturated rings. The lowest BCUT2D eigenvalue weighted by Gasteiger charge is -2.34. The lowest BCUT2D eigenvalue weighted by molar-refractivity contribution is 0.0803. The molecule has 2 aliphatic heterocycles. The van der Waals surface area contributed by atoms with Crippen molar-refractivity contribution in [1.29, 1.82) is 0 Å². The van der Waals surface area contributed by atoms with Crippen LogP contribution in [0.5, 0.6) is 0 Å². The molecule has 25 heavy (non-hydrogen) atoms. The predicted octanol–water partition coefficient (Wildman–Crippen LogP) is 1.63. The van der Waals surface area contributed by atoms with Gasteiger partial charge in [0.15, 0.2) is 0 Å². The molecule has 2 aliphatic rings. The lowest BCUT2D eigenvalue weighted by Crippen LogP contribution is -2.50. The van der Waals surface area contributed by atoms with Gasteiger partial charge in [0, 0.05) is 52.4 Å². The van der Waals surface area contributed by atoms with Crippen molar-refractivity contribution in [3.05, 3.63) is 24.3 Å². The number of nitrogens with zero attached hydrogens (tertiary/aromatic N) is 5. The van der Waals surface area contributed by atoms with Crippen molar-refractivity contribution in [3.8, 4) is 0 Å². The third-order valence-electron chi connectivity index (χ3n) is 5.10. The van der Waals surface area contributed by atoms with Gasteiger partial charge >= 0.3 is 6.09 Å². The molecule has 3 heterocycles. The largest absolute Gasteiger partial charge is 0.450 e. The predicted molar refractivity (Wildman–Crippen MR) is 97.0 cm³/mol. The van der Waals surface area contributed by atoms with E-state index in [-0.39, 0.29) is 6.09 Å². The summed E-state index contributed by atoms with van der Waals surface area (Å²) in [6.45, 7) is 9.60. The van der Waals surface area contributed by atoms with E-state index in [2.05, 4.69) is 32.6 Å². The first kappa shape index (κ1) is 16.2. The highest BCUT2D eigenvalue weighted by Crippen LogP contribution is 2.26. The smallest absolute Gasteiger partial charge is 0.409 e. The highest BCUT2D eigenvalue weighted by atomic mass is 16.6. The lowest BCUT2D eigenvalue weighted by atomic mass is 10.3. The van der Waals surface area contributed by atoms with Crippen LogP contribution in [0, 0.1) is 0 Å². The van der Waals surface area contributed by atoms with Crippen molar-refractivity contribution < 1.29 is 9.53 Å². The minimum absolute atomic E-state index is 0.185. The van der Waals surface area contributed by atoms with E-state index in [0.717, 1.165) is 63.8 Å². The molecule has 1 aromatic heterocycles. The first-order chi connectivity index (χ1) is 12.3. The zero-order valence-corrected chi connectivity index (χ0v) is 14.7. The molecule has 0 aliphatic carbocycles. The first-order valence-electron chi connectivity index (χ1n) is 9.10. The number of ether oxygens (including phenoxy) is 1. The van der Waals surface area contributed by atoms with Crippen molar-refractivity contribution in [2.45, 2.75) is 13.5 Å². The van der Waals surface area contributed by atoms with Gasteiger partial charge in [-0.25, -0.2) is 9.78 Å². The fourth-order valence-corrected chi connectivity index (χ4v) is 3.69. The zero-order chi connectivity index (χ0) is 17.2. The number of benzene rings is 1. The normalized spacial score (nSPS) is 18.0. The van der Waals surface area contributed by atoms with Crippen LogP contribution in [0.25, 0.3) is 11.0 Å². The molecule has 0 saturated carbocycles. The van der Waals surface area contributed by atoms with Crippen molar-refractivity contribution >= 4 is 23.1 Å². The van der Waals surface area contributed by atoms with Crippen molar-refractivity contribution in [1.82, 2.24) is 19.4 Å². The summed E-state index contributed by atoms with van der Waals surface area (Å²) in [5, 5.41) is 0. The van der Waals surface area contributed by atoms with E-state index in [9.17, 15) is 4.79 Å². The second kappa shape index (κ2) is 6.92. The van der Waals surface area contributed by atoms with E-state index in [0.29, 0.717) is 6.61 Å². The number of imidazole rings is 1. The van der Waals surface area contributed by atoms with E-state index < -0.39 is 0 Å². The molecule has 7 heteroatoms. The van der Waals surface area contributed by atoms with Crippen molar-refractivity contribution in [3.63, 3.8) is 0 Å². The van der Waals surface area contributed by atoms with Gasteiger partial charge in [-0.2, -0.15) is 0 Å². The molecule has 134 valence electrons. The number of rotatable bonds is 4. The summed E-state index contributed by atoms with van der Waals surface area (Å²) < 4.78 is 7.39. The number of amides is 1. The number of carbonyl (C=O) groups excluding carboxylic acids is 1. The Balaban J connectivity index is 1.32. The zero-order valence-electron chi connectivity index (χ0n) is 14.7. The number of hydrogen-bond acceptors (Lipinski definition) is 5. The number of anilines is 1. The molecule has 0 atom stereocenters. The molecule has 7 nitrogen and oxygen atoms in total. The highest BCUT2D eigenvalue weighted by molar-refractivity contribution is 5.79. The molecule has 0 bridgehead atoms. The van der Waals surface area contributed by atoms with E-state index in [4.69, 9.17) is 9.72 Å². The van der Waals surface area contributed by atoms with E-state index in [1.807, 2.05) is 13.0 Å². The van der Waals surface area contributed by atoms with Gasteiger partial charge in [-0.15, -0.1) is 0 Å². The Morgan fingerprint density at radius 1 is 1.08 bits per heavy atom. The molecule has 4 rings (SSSR count). The standard InChI is InChI=1S/C18H25N5O2/c1-2-25-18(24)22-11-8-20(9-12-22)7-10-21-13-14-23-16-6-4-3-5-15(16)19-17(21)23/h3-6H,2,7-14H2,1H3. The number of hydrogen-bond donors (Lipinski definition) is 0. The van der Waals surface area contributed by atoms with Crippen molar-refractivity contribution in [2.75, 3.05) is 57.3 Å². The van der Waals surface area contributed by atoms with Crippen LogP contribution in [0.2, 0.25) is 0 Å². The van der Waals surface area contributed by atoms with E-state index in [1.54, 1.807) is 4.90 Å². The molecule has 1 saturated heterocycles. The SMILES string of the molecule is CCOC(=O)N1CCN(CCN2CCn3c2nc2ccccc23)CC1. The summed E-state index contributed by atoms with van der Waals surface area (Å²) in [6.07, 6.45) is -0.185. The van der Waals surface area contributed by atoms with Crippen LogP contribution in [0.3, 0.4) is 0 Å². The monoisotopic (exact) mass is 343 g/mol. The summed E-state index contributed by atoms with van der Waals surface area (Å²) in [6, 6.07) is 8.33. The summed E-state index contributed by atoms with van der Waals surface area (Å²) in [4.78, 5) is 23.1. The van der Waals surface area contributed by atoms with Crippen LogP contribution >= 0.6 is 0 Å². The van der Waals surface area contributed by atoms with Gasteiger partial charge in [-0.05, 0) is 19.1 Å². The Labute approximate surface area is 147 Å². The molecule has 1 amide bonds. The number of fused-ring (bicyclic) bond motifs is 3. The molecule has 2 aromatic rings. The minimum atomic E-state index is -0.185. The maximum absolute atomic E-state index is 11.8. The molecule has 1 aromatic carbocycles. The molecule has 0 unspecified atom stereocenters. The number of carbonyl (C=O) groups is 1. The fourth-order valence-electron chi connectivity index (χ4n) is 3.69. The number of para-hydroxylation sites is 2. The van der Waals surface area contributed by atoms with Crippen LogP contribution in [0.1, 0.15) is 6.92 Å². The average Bonchev–Trinajstić information content (AvgIpc) is 3.20. The van der Waals surface area contributed by atoms with E-state index >= 15 is 0 Å². The number of piperazine rings is 1. The van der Waals surface area contributed by atoms with Crippen LogP contribution in [0.15, 0.2) is 24.3 Å². The second-order valence-corrected chi connectivity index (χ2v) is 6.57. The Morgan fingerprint density at radius 2 is 1.88 bits per heavy atom.